The molecule has 21 heavy (non-hydrogen) atoms. The third-order valence-corrected chi connectivity index (χ3v) is 4.20. The normalized spacial score (nSPS) is 10.5. The lowest BCUT2D eigenvalue weighted by Crippen LogP contribution is -2.08. The molecule has 112 valence electrons. The average molecular weight is 370 g/mol. The highest BCUT2D eigenvalue weighted by Crippen LogP contribution is 2.29. The predicted octanol–water partition coefficient (Wildman–Crippen LogP) is 5.02. The van der Waals surface area contributed by atoms with Gasteiger partial charge in [0.05, 0.1) is 5.02 Å². The standard InChI is InChI=1S/C15H18BrClN4/c1-3-5-11-14(18-4-2)19-9-20-15(11)21-10-6-7-12(16)13(17)8-10/h6-9H,3-5H2,1-2H3,(H2,18,19,20,21). The van der Waals surface area contributed by atoms with E-state index in [2.05, 4.69) is 50.4 Å². The maximum atomic E-state index is 6.13. The molecule has 0 aliphatic carbocycles. The number of nitrogens with one attached hydrogen (secondary N) is 2. The first-order valence-electron chi connectivity index (χ1n) is 6.95. The Morgan fingerprint density at radius 2 is 1.95 bits per heavy atom. The topological polar surface area (TPSA) is 49.8 Å². The summed E-state index contributed by atoms with van der Waals surface area (Å²) in [5, 5.41) is 7.28. The van der Waals surface area contributed by atoms with Gasteiger partial charge in [0.15, 0.2) is 0 Å². The minimum absolute atomic E-state index is 0.665. The lowest BCUT2D eigenvalue weighted by Gasteiger charge is -2.14. The molecule has 0 bridgehead atoms. The van der Waals surface area contributed by atoms with Crippen LogP contribution in [0.5, 0.6) is 0 Å². The number of halogens is 2. The van der Waals surface area contributed by atoms with Gasteiger partial charge in [0.25, 0.3) is 0 Å². The van der Waals surface area contributed by atoms with Crippen molar-refractivity contribution in [1.29, 1.82) is 0 Å². The average Bonchev–Trinajstić information content (AvgIpc) is 2.46. The second-order valence-corrected chi connectivity index (χ2v) is 5.85. The zero-order valence-electron chi connectivity index (χ0n) is 12.1. The van der Waals surface area contributed by atoms with Gasteiger partial charge in [0, 0.05) is 22.3 Å². The van der Waals surface area contributed by atoms with E-state index in [4.69, 9.17) is 11.6 Å². The van der Waals surface area contributed by atoms with Crippen LogP contribution in [0.25, 0.3) is 0 Å². The molecule has 1 aromatic carbocycles. The van der Waals surface area contributed by atoms with Gasteiger partial charge >= 0.3 is 0 Å². The van der Waals surface area contributed by atoms with E-state index in [9.17, 15) is 0 Å². The van der Waals surface area contributed by atoms with E-state index in [0.717, 1.165) is 46.7 Å². The number of rotatable bonds is 6. The van der Waals surface area contributed by atoms with Gasteiger partial charge in [0.1, 0.15) is 18.0 Å². The molecule has 6 heteroatoms. The SMILES string of the molecule is CCCc1c(NCC)ncnc1Nc1ccc(Br)c(Cl)c1. The van der Waals surface area contributed by atoms with E-state index in [1.807, 2.05) is 18.2 Å². The molecule has 4 nitrogen and oxygen atoms in total. The van der Waals surface area contributed by atoms with Crippen LogP contribution in [-0.2, 0) is 6.42 Å². The van der Waals surface area contributed by atoms with Crippen molar-refractivity contribution >= 4 is 44.9 Å². The first-order valence-corrected chi connectivity index (χ1v) is 8.12. The smallest absolute Gasteiger partial charge is 0.139 e. The zero-order chi connectivity index (χ0) is 15.2. The Kier molecular flexibility index (Phi) is 5.82. The Morgan fingerprint density at radius 1 is 1.19 bits per heavy atom. The largest absolute Gasteiger partial charge is 0.370 e. The van der Waals surface area contributed by atoms with Gasteiger partial charge in [-0.3, -0.25) is 0 Å². The molecule has 0 unspecified atom stereocenters. The predicted molar refractivity (Wildman–Crippen MR) is 92.6 cm³/mol. The van der Waals surface area contributed by atoms with Crippen LogP contribution >= 0.6 is 27.5 Å². The summed E-state index contributed by atoms with van der Waals surface area (Å²) < 4.78 is 0.875. The molecule has 0 fully saturated rings. The van der Waals surface area contributed by atoms with Crippen molar-refractivity contribution in [2.75, 3.05) is 17.2 Å². The van der Waals surface area contributed by atoms with Gasteiger partial charge in [-0.1, -0.05) is 24.9 Å². The first kappa shape index (κ1) is 16.0. The molecule has 2 N–H and O–H groups in total. The summed E-state index contributed by atoms with van der Waals surface area (Å²) >= 11 is 9.52. The summed E-state index contributed by atoms with van der Waals surface area (Å²) in [4.78, 5) is 8.70. The van der Waals surface area contributed by atoms with Crippen LogP contribution in [0.2, 0.25) is 5.02 Å². The number of anilines is 3. The number of benzene rings is 1. The number of hydrogen-bond acceptors (Lipinski definition) is 4. The van der Waals surface area contributed by atoms with E-state index >= 15 is 0 Å². The summed E-state index contributed by atoms with van der Waals surface area (Å²) in [5.74, 6) is 1.71. The van der Waals surface area contributed by atoms with Gasteiger partial charge in [-0.2, -0.15) is 0 Å². The summed E-state index contributed by atoms with van der Waals surface area (Å²) in [7, 11) is 0. The highest BCUT2D eigenvalue weighted by Gasteiger charge is 2.11. The van der Waals surface area contributed by atoms with Gasteiger partial charge in [-0.25, -0.2) is 9.97 Å². The fourth-order valence-electron chi connectivity index (χ4n) is 2.04. The summed E-state index contributed by atoms with van der Waals surface area (Å²) in [5.41, 5.74) is 2.00. The van der Waals surface area contributed by atoms with E-state index in [-0.39, 0.29) is 0 Å². The summed E-state index contributed by atoms with van der Waals surface area (Å²) in [6, 6.07) is 5.74. The molecular formula is C15H18BrClN4. The molecule has 0 saturated heterocycles. The van der Waals surface area contributed by atoms with Crippen LogP contribution in [0.3, 0.4) is 0 Å². The van der Waals surface area contributed by atoms with Gasteiger partial charge in [0.2, 0.25) is 0 Å². The third-order valence-electron chi connectivity index (χ3n) is 2.97. The van der Waals surface area contributed by atoms with Gasteiger partial charge in [-0.05, 0) is 47.5 Å². The fourth-order valence-corrected chi connectivity index (χ4v) is 2.46. The molecule has 1 heterocycles. The van der Waals surface area contributed by atoms with E-state index in [1.54, 1.807) is 6.33 Å². The van der Waals surface area contributed by atoms with Crippen molar-refractivity contribution in [3.63, 3.8) is 0 Å². The summed E-state index contributed by atoms with van der Waals surface area (Å²) in [6.07, 6.45) is 3.51. The van der Waals surface area contributed by atoms with Crippen molar-refractivity contribution < 1.29 is 0 Å². The third kappa shape index (κ3) is 4.08. The van der Waals surface area contributed by atoms with E-state index < -0.39 is 0 Å². The molecule has 0 radical (unpaired) electrons. The fraction of sp³-hybridized carbons (Fsp3) is 0.333. The van der Waals surface area contributed by atoms with Crippen LogP contribution in [-0.4, -0.2) is 16.5 Å². The second kappa shape index (κ2) is 7.61. The first-order chi connectivity index (χ1) is 10.2. The molecule has 0 aliphatic rings. The highest BCUT2D eigenvalue weighted by molar-refractivity contribution is 9.10. The Morgan fingerprint density at radius 3 is 2.62 bits per heavy atom. The van der Waals surface area contributed by atoms with Crippen LogP contribution in [0.4, 0.5) is 17.3 Å². The molecule has 2 aromatic rings. The molecule has 0 saturated carbocycles. The van der Waals surface area contributed by atoms with Crippen molar-refractivity contribution in [1.82, 2.24) is 9.97 Å². The monoisotopic (exact) mass is 368 g/mol. The Bertz CT molecular complexity index is 619. The van der Waals surface area contributed by atoms with Crippen LogP contribution in [0.1, 0.15) is 25.8 Å². The van der Waals surface area contributed by atoms with Crippen LogP contribution in [0.15, 0.2) is 29.0 Å². The lowest BCUT2D eigenvalue weighted by atomic mass is 10.1. The molecule has 0 spiro atoms. The Labute approximate surface area is 138 Å². The Balaban J connectivity index is 2.33. The molecular weight excluding hydrogens is 352 g/mol. The molecule has 0 atom stereocenters. The minimum Gasteiger partial charge on any atom is -0.370 e. The number of nitrogens with zero attached hydrogens (tertiary/aromatic N) is 2. The quantitative estimate of drug-likeness (QED) is 0.750. The second-order valence-electron chi connectivity index (χ2n) is 4.58. The number of aromatic nitrogens is 2. The molecule has 0 amide bonds. The molecule has 1 aromatic heterocycles. The van der Waals surface area contributed by atoms with Crippen molar-refractivity contribution in [3.8, 4) is 0 Å². The van der Waals surface area contributed by atoms with E-state index in [1.165, 1.54) is 0 Å². The minimum atomic E-state index is 0.665. The Hall–Kier alpha value is -1.33. The van der Waals surface area contributed by atoms with Crippen LogP contribution < -0.4 is 10.6 Å². The summed E-state index contributed by atoms with van der Waals surface area (Å²) in [6.45, 7) is 5.03. The van der Waals surface area contributed by atoms with Gasteiger partial charge < -0.3 is 10.6 Å². The lowest BCUT2D eigenvalue weighted by molar-refractivity contribution is 0.902. The zero-order valence-corrected chi connectivity index (χ0v) is 14.4. The molecule has 0 aliphatic heterocycles. The van der Waals surface area contributed by atoms with Crippen molar-refractivity contribution in [2.24, 2.45) is 0 Å². The maximum absolute atomic E-state index is 6.13. The maximum Gasteiger partial charge on any atom is 0.139 e. The van der Waals surface area contributed by atoms with Crippen LogP contribution in [0, 0.1) is 0 Å². The van der Waals surface area contributed by atoms with Crippen molar-refractivity contribution in [2.45, 2.75) is 26.7 Å². The number of hydrogen-bond donors (Lipinski definition) is 2. The highest BCUT2D eigenvalue weighted by atomic mass is 79.9. The van der Waals surface area contributed by atoms with Crippen molar-refractivity contribution in [3.05, 3.63) is 39.6 Å². The van der Waals surface area contributed by atoms with E-state index in [0.29, 0.717) is 5.02 Å². The van der Waals surface area contributed by atoms with Gasteiger partial charge in [-0.15, -0.1) is 0 Å². The molecule has 2 rings (SSSR count).